The summed E-state index contributed by atoms with van der Waals surface area (Å²) in [4.78, 5) is 12.0. The molecule has 19 heavy (non-hydrogen) atoms. The Bertz CT molecular complexity index is 524. The van der Waals surface area contributed by atoms with Crippen molar-refractivity contribution in [1.82, 2.24) is 4.72 Å². The molecular formula is C12H17NO4S2. The molecule has 0 amide bonds. The topological polar surface area (TPSA) is 83.5 Å². The molecule has 2 rings (SSSR count). The van der Waals surface area contributed by atoms with E-state index in [2.05, 4.69) is 4.72 Å². The zero-order valence-electron chi connectivity index (χ0n) is 10.4. The molecule has 1 heterocycles. The zero-order chi connectivity index (χ0) is 13.9. The molecule has 1 aromatic rings. The van der Waals surface area contributed by atoms with Crippen molar-refractivity contribution in [3.8, 4) is 0 Å². The Morgan fingerprint density at radius 2 is 2.26 bits per heavy atom. The van der Waals surface area contributed by atoms with Crippen molar-refractivity contribution >= 4 is 27.3 Å². The van der Waals surface area contributed by atoms with Gasteiger partial charge in [0.25, 0.3) is 0 Å². The monoisotopic (exact) mass is 303 g/mol. The number of rotatable bonds is 6. The van der Waals surface area contributed by atoms with Gasteiger partial charge in [-0.25, -0.2) is 13.1 Å². The summed E-state index contributed by atoms with van der Waals surface area (Å²) in [5, 5.41) is 10.3. The van der Waals surface area contributed by atoms with Crippen molar-refractivity contribution in [2.45, 2.75) is 30.9 Å². The van der Waals surface area contributed by atoms with Crippen LogP contribution in [-0.2, 0) is 21.2 Å². The normalized spacial score (nSPS) is 23.6. The summed E-state index contributed by atoms with van der Waals surface area (Å²) < 4.78 is 26.6. The van der Waals surface area contributed by atoms with Gasteiger partial charge in [0.2, 0.25) is 10.0 Å². The summed E-state index contributed by atoms with van der Waals surface area (Å²) in [7, 11) is -3.39. The first kappa shape index (κ1) is 14.5. The van der Waals surface area contributed by atoms with Crippen LogP contribution >= 0.6 is 11.3 Å². The van der Waals surface area contributed by atoms with E-state index in [-0.39, 0.29) is 6.42 Å². The van der Waals surface area contributed by atoms with E-state index in [1.54, 1.807) is 11.3 Å². The highest BCUT2D eigenvalue weighted by Crippen LogP contribution is 2.30. The Morgan fingerprint density at radius 3 is 2.84 bits per heavy atom. The Balaban J connectivity index is 1.83. The number of aliphatic carboxylic acids is 1. The number of sulfonamides is 1. The number of nitrogens with one attached hydrogen (secondary N) is 1. The molecular weight excluding hydrogens is 286 g/mol. The van der Waals surface area contributed by atoms with Crippen molar-refractivity contribution in [1.29, 1.82) is 0 Å². The molecule has 5 nitrogen and oxygen atoms in total. The summed E-state index contributed by atoms with van der Waals surface area (Å²) in [6.45, 7) is 0.372. The van der Waals surface area contributed by atoms with E-state index < -0.39 is 27.2 Å². The average molecular weight is 303 g/mol. The van der Waals surface area contributed by atoms with Crippen molar-refractivity contribution in [2.75, 3.05) is 6.54 Å². The fraction of sp³-hybridized carbons (Fsp3) is 0.583. The second-order valence-electron chi connectivity index (χ2n) is 4.74. The Morgan fingerprint density at radius 1 is 1.47 bits per heavy atom. The minimum Gasteiger partial charge on any atom is -0.481 e. The fourth-order valence-electron chi connectivity index (χ4n) is 2.34. The van der Waals surface area contributed by atoms with Crippen LogP contribution in [0.15, 0.2) is 17.5 Å². The van der Waals surface area contributed by atoms with E-state index in [0.717, 1.165) is 4.88 Å². The predicted octanol–water partition coefficient (Wildman–Crippen LogP) is 1.46. The minimum absolute atomic E-state index is 0.226. The molecule has 1 fully saturated rings. The van der Waals surface area contributed by atoms with Crippen LogP contribution in [0.2, 0.25) is 0 Å². The SMILES string of the molecule is O=C(O)C1CCC(S(=O)(=O)NCCc2cccs2)C1. The van der Waals surface area contributed by atoms with Gasteiger partial charge in [-0.3, -0.25) is 4.79 Å². The van der Waals surface area contributed by atoms with E-state index in [9.17, 15) is 13.2 Å². The van der Waals surface area contributed by atoms with Gasteiger partial charge in [0, 0.05) is 11.4 Å². The van der Waals surface area contributed by atoms with Gasteiger partial charge in [0.1, 0.15) is 0 Å². The van der Waals surface area contributed by atoms with Crippen LogP contribution < -0.4 is 4.72 Å². The number of hydrogen-bond donors (Lipinski definition) is 2. The first-order valence-corrected chi connectivity index (χ1v) is 8.65. The van der Waals surface area contributed by atoms with Crippen LogP contribution in [0, 0.1) is 5.92 Å². The third-order valence-corrected chi connectivity index (χ3v) is 6.28. The molecule has 1 aliphatic rings. The van der Waals surface area contributed by atoms with Crippen LogP contribution in [0.5, 0.6) is 0 Å². The third-order valence-electron chi connectivity index (χ3n) is 3.43. The van der Waals surface area contributed by atoms with Gasteiger partial charge in [-0.05, 0) is 37.1 Å². The molecule has 0 saturated heterocycles. The Kier molecular flexibility index (Phi) is 4.59. The third kappa shape index (κ3) is 3.77. The van der Waals surface area contributed by atoms with Gasteiger partial charge < -0.3 is 5.11 Å². The number of carbonyl (C=O) groups is 1. The Labute approximate surface area is 116 Å². The molecule has 1 aromatic heterocycles. The van der Waals surface area contributed by atoms with Crippen molar-refractivity contribution in [3.05, 3.63) is 22.4 Å². The van der Waals surface area contributed by atoms with Gasteiger partial charge in [-0.2, -0.15) is 0 Å². The number of carboxylic acids is 1. The highest BCUT2D eigenvalue weighted by atomic mass is 32.2. The lowest BCUT2D eigenvalue weighted by Gasteiger charge is -2.12. The second-order valence-corrected chi connectivity index (χ2v) is 7.82. The highest BCUT2D eigenvalue weighted by molar-refractivity contribution is 7.90. The fourth-order valence-corrected chi connectivity index (χ4v) is 4.60. The lowest BCUT2D eigenvalue weighted by molar-refractivity contribution is -0.141. The first-order chi connectivity index (χ1) is 8.99. The maximum Gasteiger partial charge on any atom is 0.306 e. The van der Waals surface area contributed by atoms with Crippen LogP contribution in [0.3, 0.4) is 0 Å². The summed E-state index contributed by atoms with van der Waals surface area (Å²) in [6, 6.07) is 3.90. The molecule has 7 heteroatoms. The highest BCUT2D eigenvalue weighted by Gasteiger charge is 2.37. The summed E-state index contributed by atoms with van der Waals surface area (Å²) in [5.41, 5.74) is 0. The van der Waals surface area contributed by atoms with Crippen molar-refractivity contribution < 1.29 is 18.3 Å². The van der Waals surface area contributed by atoms with Crippen LogP contribution in [0.4, 0.5) is 0 Å². The van der Waals surface area contributed by atoms with Crippen LogP contribution in [0.25, 0.3) is 0 Å². The molecule has 0 bridgehead atoms. The molecule has 2 unspecified atom stereocenters. The standard InChI is InChI=1S/C12H17NO4S2/c14-12(15)9-3-4-11(8-9)19(16,17)13-6-5-10-2-1-7-18-10/h1-2,7,9,11,13H,3-6,8H2,(H,14,15). The van der Waals surface area contributed by atoms with Gasteiger partial charge in [-0.15, -0.1) is 11.3 Å². The second kappa shape index (κ2) is 6.02. The van der Waals surface area contributed by atoms with Crippen molar-refractivity contribution in [2.24, 2.45) is 5.92 Å². The van der Waals surface area contributed by atoms with E-state index >= 15 is 0 Å². The van der Waals surface area contributed by atoms with Gasteiger partial charge in [-0.1, -0.05) is 6.07 Å². The number of carboxylic acid groups (broad SMARTS) is 1. The van der Waals surface area contributed by atoms with Crippen LogP contribution in [-0.4, -0.2) is 31.3 Å². The molecule has 106 valence electrons. The maximum absolute atomic E-state index is 12.0. The van der Waals surface area contributed by atoms with Crippen LogP contribution in [0.1, 0.15) is 24.1 Å². The molecule has 0 aliphatic heterocycles. The lowest BCUT2D eigenvalue weighted by atomic mass is 10.1. The minimum atomic E-state index is -3.39. The predicted molar refractivity (Wildman–Crippen MR) is 73.7 cm³/mol. The largest absolute Gasteiger partial charge is 0.481 e. The lowest BCUT2D eigenvalue weighted by Crippen LogP contribution is -2.34. The molecule has 2 N–H and O–H groups in total. The van der Waals surface area contributed by atoms with Gasteiger partial charge in [0.05, 0.1) is 11.2 Å². The van der Waals surface area contributed by atoms with E-state index in [4.69, 9.17) is 5.11 Å². The van der Waals surface area contributed by atoms with Gasteiger partial charge >= 0.3 is 5.97 Å². The van der Waals surface area contributed by atoms with Crippen molar-refractivity contribution in [3.63, 3.8) is 0 Å². The van der Waals surface area contributed by atoms with E-state index in [0.29, 0.717) is 25.8 Å². The van der Waals surface area contributed by atoms with Gasteiger partial charge in [0.15, 0.2) is 0 Å². The number of hydrogen-bond acceptors (Lipinski definition) is 4. The van der Waals surface area contributed by atoms with E-state index in [1.165, 1.54) is 0 Å². The molecule has 1 aliphatic carbocycles. The maximum atomic E-state index is 12.0. The smallest absolute Gasteiger partial charge is 0.306 e. The molecule has 0 aromatic carbocycles. The average Bonchev–Trinajstić information content (AvgIpc) is 2.99. The summed E-state index contributed by atoms with van der Waals surface area (Å²) in [5.74, 6) is -1.41. The molecule has 0 spiro atoms. The van der Waals surface area contributed by atoms with E-state index in [1.807, 2.05) is 17.5 Å². The Hall–Kier alpha value is -0.920. The number of thiophene rings is 1. The summed E-state index contributed by atoms with van der Waals surface area (Å²) in [6.07, 6.45) is 1.78. The zero-order valence-corrected chi connectivity index (χ0v) is 12.0. The molecule has 1 saturated carbocycles. The molecule has 2 atom stereocenters. The molecule has 0 radical (unpaired) electrons. The summed E-state index contributed by atoms with van der Waals surface area (Å²) >= 11 is 1.60. The first-order valence-electron chi connectivity index (χ1n) is 6.22. The quantitative estimate of drug-likeness (QED) is 0.833.